The third-order valence-corrected chi connectivity index (χ3v) is 3.95. The van der Waals surface area contributed by atoms with Gasteiger partial charge in [-0.05, 0) is 6.42 Å². The summed E-state index contributed by atoms with van der Waals surface area (Å²) in [6.45, 7) is 9.84. The summed E-state index contributed by atoms with van der Waals surface area (Å²) in [7, 11) is 0. The van der Waals surface area contributed by atoms with Gasteiger partial charge in [-0.25, -0.2) is 0 Å². The predicted octanol–water partition coefficient (Wildman–Crippen LogP) is 0.864. The highest BCUT2D eigenvalue weighted by molar-refractivity contribution is 5.77. The van der Waals surface area contributed by atoms with Gasteiger partial charge < -0.3 is 15.0 Å². The molecule has 0 spiro atoms. The van der Waals surface area contributed by atoms with Crippen LogP contribution >= 0.6 is 0 Å². The van der Waals surface area contributed by atoms with E-state index < -0.39 is 0 Å². The Hall–Kier alpha value is -1.14. The molecule has 1 rings (SSSR count). The molecule has 0 aromatic rings. The van der Waals surface area contributed by atoms with Crippen LogP contribution in [0.1, 0.15) is 39.5 Å². The number of carbonyl (C=O) groups excluding carboxylic acids is 2. The zero-order valence-corrected chi connectivity index (χ0v) is 14.1. The van der Waals surface area contributed by atoms with Crippen LogP contribution in [0.15, 0.2) is 0 Å². The van der Waals surface area contributed by atoms with Crippen molar-refractivity contribution in [3.8, 4) is 0 Å². The summed E-state index contributed by atoms with van der Waals surface area (Å²) in [6.07, 6.45) is 3.69. The van der Waals surface area contributed by atoms with Gasteiger partial charge in [0.2, 0.25) is 11.8 Å². The Morgan fingerprint density at radius 1 is 1.18 bits per heavy atom. The van der Waals surface area contributed by atoms with Gasteiger partial charge in [-0.15, -0.1) is 0 Å². The SMILES string of the molecule is CCCCCNC(=O)CCN(CCN1CCOCC1)C(C)=O. The van der Waals surface area contributed by atoms with E-state index in [0.717, 1.165) is 58.7 Å². The highest BCUT2D eigenvalue weighted by atomic mass is 16.5. The van der Waals surface area contributed by atoms with Crippen LogP contribution in [0, 0.1) is 0 Å². The highest BCUT2D eigenvalue weighted by Crippen LogP contribution is 2.00. The second-order valence-electron chi connectivity index (χ2n) is 5.77. The van der Waals surface area contributed by atoms with E-state index in [9.17, 15) is 9.59 Å². The largest absolute Gasteiger partial charge is 0.379 e. The van der Waals surface area contributed by atoms with Gasteiger partial charge in [0.25, 0.3) is 0 Å². The first-order valence-corrected chi connectivity index (χ1v) is 8.45. The second-order valence-corrected chi connectivity index (χ2v) is 5.77. The molecule has 1 aliphatic heterocycles. The van der Waals surface area contributed by atoms with Gasteiger partial charge in [0.1, 0.15) is 0 Å². The predicted molar refractivity (Wildman–Crippen MR) is 86.7 cm³/mol. The summed E-state index contributed by atoms with van der Waals surface area (Å²) in [5, 5.41) is 2.91. The second kappa shape index (κ2) is 11.4. The standard InChI is InChI=1S/C16H31N3O3/c1-3-4-5-7-17-16(21)6-8-19(15(2)20)10-9-18-11-13-22-14-12-18/h3-14H2,1-2H3,(H,17,21). The number of hydrogen-bond donors (Lipinski definition) is 1. The minimum atomic E-state index is 0.0343. The molecule has 0 saturated carbocycles. The van der Waals surface area contributed by atoms with Crippen molar-refractivity contribution in [1.82, 2.24) is 15.1 Å². The molecule has 128 valence electrons. The molecule has 6 heteroatoms. The van der Waals surface area contributed by atoms with Gasteiger partial charge >= 0.3 is 0 Å². The number of rotatable bonds is 10. The van der Waals surface area contributed by atoms with Crippen molar-refractivity contribution >= 4 is 11.8 Å². The number of unbranched alkanes of at least 4 members (excludes halogenated alkanes) is 2. The lowest BCUT2D eigenvalue weighted by Crippen LogP contribution is -2.43. The lowest BCUT2D eigenvalue weighted by molar-refractivity contribution is -0.130. The maximum absolute atomic E-state index is 11.8. The fourth-order valence-corrected chi connectivity index (χ4v) is 2.44. The van der Waals surface area contributed by atoms with Crippen LogP contribution in [0.3, 0.4) is 0 Å². The number of nitrogens with one attached hydrogen (secondary N) is 1. The van der Waals surface area contributed by atoms with Crippen LogP contribution in [0.25, 0.3) is 0 Å². The Morgan fingerprint density at radius 2 is 1.91 bits per heavy atom. The van der Waals surface area contributed by atoms with Crippen LogP contribution in [0.4, 0.5) is 0 Å². The lowest BCUT2D eigenvalue weighted by atomic mass is 10.2. The minimum Gasteiger partial charge on any atom is -0.379 e. The average molecular weight is 313 g/mol. The van der Waals surface area contributed by atoms with Crippen molar-refractivity contribution in [2.45, 2.75) is 39.5 Å². The van der Waals surface area contributed by atoms with Gasteiger partial charge in [-0.1, -0.05) is 19.8 Å². The maximum Gasteiger partial charge on any atom is 0.221 e. The number of carbonyl (C=O) groups is 2. The zero-order chi connectivity index (χ0) is 16.2. The number of hydrogen-bond acceptors (Lipinski definition) is 4. The van der Waals surface area contributed by atoms with E-state index in [1.165, 1.54) is 0 Å². The quantitative estimate of drug-likeness (QED) is 0.608. The molecule has 0 aromatic carbocycles. The van der Waals surface area contributed by atoms with E-state index in [1.807, 2.05) is 0 Å². The monoisotopic (exact) mass is 313 g/mol. The molecule has 6 nitrogen and oxygen atoms in total. The number of ether oxygens (including phenoxy) is 1. The van der Waals surface area contributed by atoms with Crippen molar-refractivity contribution in [3.05, 3.63) is 0 Å². The van der Waals surface area contributed by atoms with Crippen LogP contribution in [0.2, 0.25) is 0 Å². The molecule has 0 atom stereocenters. The van der Waals surface area contributed by atoms with Gasteiger partial charge in [0.15, 0.2) is 0 Å². The molecule has 0 unspecified atom stereocenters. The molecule has 0 bridgehead atoms. The highest BCUT2D eigenvalue weighted by Gasteiger charge is 2.15. The lowest BCUT2D eigenvalue weighted by Gasteiger charge is -2.29. The summed E-state index contributed by atoms with van der Waals surface area (Å²) >= 11 is 0. The third-order valence-electron chi connectivity index (χ3n) is 3.95. The van der Waals surface area contributed by atoms with Gasteiger partial charge in [0.05, 0.1) is 13.2 Å². The summed E-state index contributed by atoms with van der Waals surface area (Å²) in [5.41, 5.74) is 0. The van der Waals surface area contributed by atoms with Crippen LogP contribution in [0.5, 0.6) is 0 Å². The summed E-state index contributed by atoms with van der Waals surface area (Å²) in [5.74, 6) is 0.0702. The van der Waals surface area contributed by atoms with Gasteiger partial charge in [-0.3, -0.25) is 14.5 Å². The molecular weight excluding hydrogens is 282 g/mol. The fraction of sp³-hybridized carbons (Fsp3) is 0.875. The topological polar surface area (TPSA) is 61.9 Å². The number of nitrogens with zero attached hydrogens (tertiary/aromatic N) is 2. The smallest absolute Gasteiger partial charge is 0.221 e. The number of morpholine rings is 1. The zero-order valence-electron chi connectivity index (χ0n) is 14.1. The van der Waals surface area contributed by atoms with Crippen LogP contribution in [-0.2, 0) is 14.3 Å². The first kappa shape index (κ1) is 18.9. The minimum absolute atomic E-state index is 0.0343. The van der Waals surface area contributed by atoms with E-state index in [2.05, 4.69) is 17.1 Å². The summed E-state index contributed by atoms with van der Waals surface area (Å²) < 4.78 is 5.31. The Kier molecular flexibility index (Phi) is 9.82. The van der Waals surface area contributed by atoms with E-state index >= 15 is 0 Å². The Bertz CT molecular complexity index is 331. The first-order chi connectivity index (χ1) is 10.6. The summed E-state index contributed by atoms with van der Waals surface area (Å²) in [6, 6.07) is 0. The van der Waals surface area contributed by atoms with E-state index in [0.29, 0.717) is 19.5 Å². The molecule has 2 amide bonds. The molecule has 1 aliphatic rings. The van der Waals surface area contributed by atoms with E-state index in [-0.39, 0.29) is 11.8 Å². The molecular formula is C16H31N3O3. The van der Waals surface area contributed by atoms with Crippen molar-refractivity contribution in [2.24, 2.45) is 0 Å². The summed E-state index contributed by atoms with van der Waals surface area (Å²) in [4.78, 5) is 27.5. The molecule has 1 saturated heterocycles. The van der Waals surface area contributed by atoms with Crippen molar-refractivity contribution in [2.75, 3.05) is 52.5 Å². The maximum atomic E-state index is 11.8. The Morgan fingerprint density at radius 3 is 2.55 bits per heavy atom. The molecule has 1 N–H and O–H groups in total. The normalized spacial score (nSPS) is 15.5. The van der Waals surface area contributed by atoms with Gasteiger partial charge in [0, 0.05) is 52.6 Å². The van der Waals surface area contributed by atoms with Gasteiger partial charge in [-0.2, -0.15) is 0 Å². The molecule has 1 fully saturated rings. The van der Waals surface area contributed by atoms with E-state index in [4.69, 9.17) is 4.74 Å². The van der Waals surface area contributed by atoms with Crippen LogP contribution < -0.4 is 5.32 Å². The Balaban J connectivity index is 2.19. The third kappa shape index (κ3) is 8.34. The number of amides is 2. The van der Waals surface area contributed by atoms with Crippen molar-refractivity contribution in [3.63, 3.8) is 0 Å². The fourth-order valence-electron chi connectivity index (χ4n) is 2.44. The first-order valence-electron chi connectivity index (χ1n) is 8.45. The molecule has 0 aromatic heterocycles. The van der Waals surface area contributed by atoms with E-state index in [1.54, 1.807) is 11.8 Å². The average Bonchev–Trinajstić information content (AvgIpc) is 2.52. The Labute approximate surface area is 134 Å². The molecule has 1 heterocycles. The van der Waals surface area contributed by atoms with Crippen molar-refractivity contribution in [1.29, 1.82) is 0 Å². The molecule has 0 radical (unpaired) electrons. The molecule has 22 heavy (non-hydrogen) atoms. The van der Waals surface area contributed by atoms with Crippen LogP contribution in [-0.4, -0.2) is 74.1 Å². The molecule has 0 aliphatic carbocycles. The van der Waals surface area contributed by atoms with Crippen molar-refractivity contribution < 1.29 is 14.3 Å².